The van der Waals surface area contributed by atoms with Gasteiger partial charge < -0.3 is 15.4 Å². The molecule has 1 unspecified atom stereocenters. The molecule has 34 heavy (non-hydrogen) atoms. The molecule has 2 aromatic heterocycles. The van der Waals surface area contributed by atoms with Gasteiger partial charge in [-0.3, -0.25) is 4.72 Å². The van der Waals surface area contributed by atoms with E-state index in [1.54, 1.807) is 30.5 Å². The molecule has 4 heterocycles. The van der Waals surface area contributed by atoms with Crippen molar-refractivity contribution in [2.75, 3.05) is 54.7 Å². The Bertz CT molecular complexity index is 1180. The van der Waals surface area contributed by atoms with Gasteiger partial charge in [0.2, 0.25) is 5.95 Å². The van der Waals surface area contributed by atoms with Crippen molar-refractivity contribution in [2.24, 2.45) is 0 Å². The number of anilines is 3. The van der Waals surface area contributed by atoms with E-state index in [1.165, 1.54) is 11.3 Å². The average Bonchev–Trinajstić information content (AvgIpc) is 3.32. The summed E-state index contributed by atoms with van der Waals surface area (Å²) in [6.07, 6.45) is 4.68. The second kappa shape index (κ2) is 10.3. The number of aromatic nitrogens is 3. The van der Waals surface area contributed by atoms with E-state index in [0.717, 1.165) is 37.5 Å². The van der Waals surface area contributed by atoms with Crippen molar-refractivity contribution >= 4 is 39.3 Å². The zero-order valence-corrected chi connectivity index (χ0v) is 20.2. The Hall–Kier alpha value is -2.67. The maximum atomic E-state index is 15.8. The number of piperidine rings is 1. The lowest BCUT2D eigenvalue weighted by Gasteiger charge is -2.26. The molecule has 12 heteroatoms. The number of ether oxygens (including phenoxy) is 1. The van der Waals surface area contributed by atoms with Crippen molar-refractivity contribution in [3.63, 3.8) is 0 Å². The summed E-state index contributed by atoms with van der Waals surface area (Å²) in [7, 11) is 0. The highest BCUT2D eigenvalue weighted by Crippen LogP contribution is 2.41. The lowest BCUT2D eigenvalue weighted by Crippen LogP contribution is -2.36. The predicted molar refractivity (Wildman–Crippen MR) is 133 cm³/mol. The van der Waals surface area contributed by atoms with E-state index in [0.29, 0.717) is 48.1 Å². The Morgan fingerprint density at radius 1 is 1.09 bits per heavy atom. The summed E-state index contributed by atoms with van der Waals surface area (Å²) in [6, 6.07) is 6.75. The number of halogens is 1. The number of benzene rings is 1. The fourth-order valence-electron chi connectivity index (χ4n) is 4.04. The van der Waals surface area contributed by atoms with E-state index in [9.17, 15) is 4.21 Å². The first kappa shape index (κ1) is 23.1. The maximum absolute atomic E-state index is 15.8. The third-order valence-electron chi connectivity index (χ3n) is 5.80. The van der Waals surface area contributed by atoms with E-state index in [2.05, 4.69) is 19.6 Å². The van der Waals surface area contributed by atoms with Crippen LogP contribution in [0.3, 0.4) is 0 Å². The molecule has 2 saturated heterocycles. The zero-order valence-electron chi connectivity index (χ0n) is 18.6. The number of hydrogen-bond donors (Lipinski definition) is 2. The number of hydrogen-bond acceptors (Lipinski definition) is 8. The van der Waals surface area contributed by atoms with Crippen molar-refractivity contribution in [2.45, 2.75) is 19.3 Å². The molecule has 5 rings (SSSR count). The van der Waals surface area contributed by atoms with Crippen LogP contribution >= 0.6 is 11.3 Å². The molecule has 0 radical (unpaired) electrons. The molecule has 0 bridgehead atoms. The quantitative estimate of drug-likeness (QED) is 0.531. The van der Waals surface area contributed by atoms with Crippen LogP contribution < -0.4 is 15.4 Å². The SMILES string of the molecule is Nc1nccc(-c2sc(N3CCOCC3)nc2-c2cccc(NS(=O)N3CCCCC3)c2F)n1. The molecule has 0 spiro atoms. The lowest BCUT2D eigenvalue weighted by atomic mass is 10.1. The molecule has 180 valence electrons. The molecule has 0 aliphatic carbocycles. The smallest absolute Gasteiger partial charge is 0.220 e. The van der Waals surface area contributed by atoms with Crippen LogP contribution in [0, 0.1) is 5.82 Å². The average molecular weight is 504 g/mol. The molecule has 9 nitrogen and oxygen atoms in total. The monoisotopic (exact) mass is 503 g/mol. The van der Waals surface area contributed by atoms with Crippen molar-refractivity contribution in [3.8, 4) is 21.8 Å². The van der Waals surface area contributed by atoms with Crippen molar-refractivity contribution in [3.05, 3.63) is 36.3 Å². The summed E-state index contributed by atoms with van der Waals surface area (Å²) in [6.45, 7) is 4.10. The minimum absolute atomic E-state index is 0.137. The molecule has 2 aliphatic heterocycles. The minimum Gasteiger partial charge on any atom is -0.378 e. The zero-order chi connectivity index (χ0) is 23.5. The van der Waals surface area contributed by atoms with Gasteiger partial charge in [-0.1, -0.05) is 23.8 Å². The number of nitrogen functional groups attached to an aromatic ring is 1. The summed E-state index contributed by atoms with van der Waals surface area (Å²) in [4.78, 5) is 16.0. The Labute approximate surface area is 203 Å². The topological polar surface area (TPSA) is 110 Å². The van der Waals surface area contributed by atoms with Gasteiger partial charge in [0.05, 0.1) is 35.2 Å². The molecule has 0 amide bonds. The van der Waals surface area contributed by atoms with Crippen LogP contribution in [0.2, 0.25) is 0 Å². The molecule has 2 aliphatic rings. The van der Waals surface area contributed by atoms with Crippen LogP contribution in [-0.4, -0.2) is 62.9 Å². The predicted octanol–water partition coefficient (Wildman–Crippen LogP) is 3.30. The number of nitrogens with zero attached hydrogens (tertiary/aromatic N) is 5. The summed E-state index contributed by atoms with van der Waals surface area (Å²) in [5, 5.41) is 0.764. The van der Waals surface area contributed by atoms with E-state index in [-0.39, 0.29) is 11.6 Å². The molecule has 3 N–H and O–H groups in total. The van der Waals surface area contributed by atoms with Crippen molar-refractivity contribution in [1.29, 1.82) is 0 Å². The third-order valence-corrected chi connectivity index (χ3v) is 8.17. The Morgan fingerprint density at radius 2 is 1.88 bits per heavy atom. The number of thiazole rings is 1. The third kappa shape index (κ3) is 4.90. The van der Waals surface area contributed by atoms with E-state index >= 15 is 4.39 Å². The summed E-state index contributed by atoms with van der Waals surface area (Å²) in [5.41, 5.74) is 7.36. The highest BCUT2D eigenvalue weighted by atomic mass is 32.2. The number of nitrogens with two attached hydrogens (primary N) is 1. The molecular weight excluding hydrogens is 477 g/mol. The highest BCUT2D eigenvalue weighted by molar-refractivity contribution is 7.84. The minimum atomic E-state index is -1.51. The van der Waals surface area contributed by atoms with Crippen molar-refractivity contribution < 1.29 is 13.3 Å². The number of morpholine rings is 1. The lowest BCUT2D eigenvalue weighted by molar-refractivity contribution is 0.122. The van der Waals surface area contributed by atoms with Crippen LogP contribution in [0.1, 0.15) is 19.3 Å². The molecule has 3 aromatic rings. The largest absolute Gasteiger partial charge is 0.378 e. The van der Waals surface area contributed by atoms with Gasteiger partial charge in [-0.25, -0.2) is 27.9 Å². The highest BCUT2D eigenvalue weighted by Gasteiger charge is 2.25. The fraction of sp³-hybridized carbons (Fsp3) is 0.409. The number of nitrogens with one attached hydrogen (secondary N) is 1. The van der Waals surface area contributed by atoms with E-state index in [4.69, 9.17) is 15.5 Å². The van der Waals surface area contributed by atoms with E-state index < -0.39 is 17.0 Å². The molecule has 1 atom stereocenters. The van der Waals surface area contributed by atoms with Gasteiger partial charge >= 0.3 is 0 Å². The van der Waals surface area contributed by atoms with Gasteiger partial charge in [-0.2, -0.15) is 0 Å². The summed E-state index contributed by atoms with van der Waals surface area (Å²) in [5.74, 6) is -0.368. The maximum Gasteiger partial charge on any atom is 0.220 e. The molecule has 0 saturated carbocycles. The van der Waals surface area contributed by atoms with Gasteiger partial charge in [0.1, 0.15) is 0 Å². The van der Waals surface area contributed by atoms with Crippen molar-refractivity contribution in [1.82, 2.24) is 19.3 Å². The van der Waals surface area contributed by atoms with Gasteiger partial charge in [-0.05, 0) is 31.0 Å². The molecule has 2 fully saturated rings. The van der Waals surface area contributed by atoms with E-state index in [1.807, 2.05) is 4.31 Å². The normalized spacial score (nSPS) is 18.1. The summed E-state index contributed by atoms with van der Waals surface area (Å²) < 4.78 is 38.7. The Balaban J connectivity index is 1.52. The second-order valence-electron chi connectivity index (χ2n) is 8.08. The first-order valence-corrected chi connectivity index (χ1v) is 13.2. The van der Waals surface area contributed by atoms with Gasteiger partial charge in [0.25, 0.3) is 0 Å². The first-order valence-electron chi connectivity index (χ1n) is 11.2. The Morgan fingerprint density at radius 3 is 2.65 bits per heavy atom. The summed E-state index contributed by atoms with van der Waals surface area (Å²) >= 11 is -0.0772. The van der Waals surface area contributed by atoms with Crippen LogP contribution in [0.4, 0.5) is 21.2 Å². The van der Waals surface area contributed by atoms with Crippen LogP contribution in [0.15, 0.2) is 30.5 Å². The Kier molecular flexibility index (Phi) is 6.99. The van der Waals surface area contributed by atoms with Gasteiger partial charge in [0.15, 0.2) is 22.1 Å². The molecule has 1 aromatic carbocycles. The fourth-order valence-corrected chi connectivity index (χ4v) is 6.20. The van der Waals surface area contributed by atoms with Crippen LogP contribution in [-0.2, 0) is 15.9 Å². The first-order chi connectivity index (χ1) is 16.6. The van der Waals surface area contributed by atoms with Crippen LogP contribution in [0.25, 0.3) is 21.8 Å². The van der Waals surface area contributed by atoms with Crippen LogP contribution in [0.5, 0.6) is 0 Å². The molecular formula is C22H26FN7O2S2. The van der Waals surface area contributed by atoms with Gasteiger partial charge in [0, 0.05) is 37.9 Å². The number of rotatable bonds is 6. The standard InChI is InChI=1S/C22H26FN7O2S2/c23-18-15(5-4-6-16(18)28-34(31)30-9-2-1-3-10-30)19-20(17-7-8-25-21(24)26-17)33-22(27-19)29-11-13-32-14-12-29/h4-8,28H,1-3,9-14H2,(H2,24,25,26). The second-order valence-corrected chi connectivity index (χ2v) is 10.3. The van der Waals surface area contributed by atoms with Gasteiger partial charge in [-0.15, -0.1) is 0 Å².